The summed E-state index contributed by atoms with van der Waals surface area (Å²) in [4.78, 5) is 34.9. The number of nitro groups is 1. The molecule has 1 atom stereocenters. The lowest BCUT2D eigenvalue weighted by Gasteiger charge is -2.13. The van der Waals surface area contributed by atoms with Gasteiger partial charge in [-0.15, -0.1) is 0 Å². The third kappa shape index (κ3) is 4.06. The van der Waals surface area contributed by atoms with Crippen LogP contribution in [0.4, 0.5) is 10.1 Å². The maximum Gasteiger partial charge on any atom is 0.322 e. The van der Waals surface area contributed by atoms with Crippen molar-refractivity contribution >= 4 is 17.4 Å². The monoisotopic (exact) mass is 348 g/mol. The molecule has 25 heavy (non-hydrogen) atoms. The summed E-state index contributed by atoms with van der Waals surface area (Å²) in [7, 11) is 1.43. The smallest absolute Gasteiger partial charge is 0.322 e. The van der Waals surface area contributed by atoms with Crippen molar-refractivity contribution in [2.24, 2.45) is 7.05 Å². The van der Waals surface area contributed by atoms with Crippen molar-refractivity contribution in [1.29, 1.82) is 0 Å². The second-order valence-corrected chi connectivity index (χ2v) is 5.67. The van der Waals surface area contributed by atoms with Crippen LogP contribution in [0.25, 0.3) is 0 Å². The van der Waals surface area contributed by atoms with Crippen LogP contribution in [0.2, 0.25) is 0 Å². The first-order valence-electron chi connectivity index (χ1n) is 7.48. The Bertz CT molecular complexity index is 829. The van der Waals surface area contributed by atoms with E-state index in [0.29, 0.717) is 5.56 Å². The lowest BCUT2D eigenvalue weighted by atomic mass is 10.0. The van der Waals surface area contributed by atoms with Gasteiger partial charge in [-0.2, -0.15) is 5.10 Å². The number of nitrogens with one attached hydrogen (secondary N) is 1. The van der Waals surface area contributed by atoms with Crippen molar-refractivity contribution in [3.63, 3.8) is 0 Å². The van der Waals surface area contributed by atoms with Crippen LogP contribution in [0.15, 0.2) is 24.3 Å². The molecule has 0 aliphatic carbocycles. The highest BCUT2D eigenvalue weighted by molar-refractivity contribution is 5.99. The third-order valence-corrected chi connectivity index (χ3v) is 3.62. The first kappa shape index (κ1) is 18.2. The molecular formula is C16H17FN4O4. The van der Waals surface area contributed by atoms with Gasteiger partial charge in [-0.25, -0.2) is 4.39 Å². The molecule has 1 aromatic carbocycles. The molecular weight excluding hydrogens is 331 g/mol. The van der Waals surface area contributed by atoms with Gasteiger partial charge in [0.25, 0.3) is 5.91 Å². The predicted molar refractivity (Wildman–Crippen MR) is 86.9 cm³/mol. The lowest BCUT2D eigenvalue weighted by molar-refractivity contribution is -0.385. The molecule has 8 nitrogen and oxygen atoms in total. The predicted octanol–water partition coefficient (Wildman–Crippen LogP) is 2.17. The van der Waals surface area contributed by atoms with Gasteiger partial charge in [0.1, 0.15) is 11.5 Å². The van der Waals surface area contributed by atoms with Crippen molar-refractivity contribution in [3.05, 3.63) is 57.1 Å². The van der Waals surface area contributed by atoms with Crippen LogP contribution in [0.5, 0.6) is 0 Å². The molecule has 0 spiro atoms. The fourth-order valence-corrected chi connectivity index (χ4v) is 2.49. The summed E-state index contributed by atoms with van der Waals surface area (Å²) in [5, 5.41) is 17.6. The van der Waals surface area contributed by atoms with E-state index < -0.39 is 22.7 Å². The highest BCUT2D eigenvalue weighted by Gasteiger charge is 2.30. The molecule has 9 heteroatoms. The Balaban J connectivity index is 2.09. The van der Waals surface area contributed by atoms with Gasteiger partial charge in [0.2, 0.25) is 5.69 Å². The number of nitrogens with zero attached hydrogens (tertiary/aromatic N) is 3. The molecule has 1 unspecified atom stereocenters. The topological polar surface area (TPSA) is 107 Å². The number of carbonyl (C=O) groups is 2. The Hall–Kier alpha value is -3.10. The van der Waals surface area contributed by atoms with Crippen molar-refractivity contribution < 1.29 is 18.9 Å². The second kappa shape index (κ2) is 7.20. The summed E-state index contributed by atoms with van der Waals surface area (Å²) in [5.41, 5.74) is -0.0850. The van der Waals surface area contributed by atoms with Gasteiger partial charge in [0, 0.05) is 25.1 Å². The molecule has 0 fully saturated rings. The van der Waals surface area contributed by atoms with Crippen LogP contribution in [0.1, 0.15) is 39.9 Å². The number of halogens is 1. The number of carbonyl (C=O) groups excluding carboxylic acids is 2. The molecule has 0 radical (unpaired) electrons. The van der Waals surface area contributed by atoms with Crippen molar-refractivity contribution in [1.82, 2.24) is 15.1 Å². The van der Waals surface area contributed by atoms with E-state index in [1.807, 2.05) is 0 Å². The fourth-order valence-electron chi connectivity index (χ4n) is 2.49. The standard InChI is InChI=1S/C16H17FN4O4/c1-9(8-13(22)11-4-6-12(17)7-5-11)18-16(23)15-14(21(24)25)10(2)19-20(15)3/h4-7,9H,8H2,1-3H3,(H,18,23). The molecule has 1 aromatic heterocycles. The molecule has 0 aliphatic rings. The Morgan fingerprint density at radius 1 is 1.36 bits per heavy atom. The maximum absolute atomic E-state index is 12.9. The molecule has 0 saturated carbocycles. The van der Waals surface area contributed by atoms with Crippen molar-refractivity contribution in [3.8, 4) is 0 Å². The number of Topliss-reactive ketones (excluding diaryl/α,β-unsaturated/α-hetero) is 1. The number of aryl methyl sites for hydroxylation is 2. The maximum atomic E-state index is 12.9. The van der Waals surface area contributed by atoms with Crippen LogP contribution >= 0.6 is 0 Å². The number of hydrogen-bond donors (Lipinski definition) is 1. The quantitative estimate of drug-likeness (QED) is 0.489. The summed E-state index contributed by atoms with van der Waals surface area (Å²) < 4.78 is 14.0. The molecule has 0 bridgehead atoms. The number of amides is 1. The largest absolute Gasteiger partial charge is 0.348 e. The molecule has 2 rings (SSSR count). The average molecular weight is 348 g/mol. The van der Waals surface area contributed by atoms with Crippen LogP contribution in [-0.2, 0) is 7.05 Å². The van der Waals surface area contributed by atoms with Gasteiger partial charge in [-0.05, 0) is 38.1 Å². The van der Waals surface area contributed by atoms with Gasteiger partial charge in [0.05, 0.1) is 4.92 Å². The first-order chi connectivity index (χ1) is 11.7. The van der Waals surface area contributed by atoms with Crippen LogP contribution in [0.3, 0.4) is 0 Å². The Morgan fingerprint density at radius 3 is 2.52 bits per heavy atom. The van der Waals surface area contributed by atoms with Gasteiger partial charge >= 0.3 is 5.69 Å². The average Bonchev–Trinajstić information content (AvgIpc) is 2.82. The molecule has 0 saturated heterocycles. The summed E-state index contributed by atoms with van der Waals surface area (Å²) in [6.45, 7) is 3.05. The van der Waals surface area contributed by atoms with E-state index in [4.69, 9.17) is 0 Å². The second-order valence-electron chi connectivity index (χ2n) is 5.67. The Morgan fingerprint density at radius 2 is 1.96 bits per heavy atom. The van der Waals surface area contributed by atoms with E-state index in [0.717, 1.165) is 4.68 Å². The minimum Gasteiger partial charge on any atom is -0.348 e. The number of aromatic nitrogens is 2. The molecule has 1 N–H and O–H groups in total. The summed E-state index contributed by atoms with van der Waals surface area (Å²) in [5.74, 6) is -1.41. The number of rotatable bonds is 6. The highest BCUT2D eigenvalue weighted by atomic mass is 19.1. The zero-order chi connectivity index (χ0) is 18.7. The molecule has 0 aliphatic heterocycles. The lowest BCUT2D eigenvalue weighted by Crippen LogP contribution is -2.35. The Labute approximate surface area is 142 Å². The van der Waals surface area contributed by atoms with E-state index >= 15 is 0 Å². The van der Waals surface area contributed by atoms with Crippen LogP contribution < -0.4 is 5.32 Å². The summed E-state index contributed by atoms with van der Waals surface area (Å²) in [6.07, 6.45) is -0.0258. The summed E-state index contributed by atoms with van der Waals surface area (Å²) >= 11 is 0. The van der Waals surface area contributed by atoms with Gasteiger partial charge in [-0.1, -0.05) is 0 Å². The Kier molecular flexibility index (Phi) is 5.26. The molecule has 1 amide bonds. The van der Waals surface area contributed by atoms with E-state index in [1.165, 1.54) is 38.2 Å². The SMILES string of the molecule is Cc1nn(C)c(C(=O)NC(C)CC(=O)c2ccc(F)cc2)c1[N+](=O)[O-]. The third-order valence-electron chi connectivity index (χ3n) is 3.62. The minimum atomic E-state index is -0.686. The van der Waals surface area contributed by atoms with E-state index in [2.05, 4.69) is 10.4 Å². The number of ketones is 1. The molecule has 132 valence electrons. The number of hydrogen-bond acceptors (Lipinski definition) is 5. The first-order valence-corrected chi connectivity index (χ1v) is 7.48. The highest BCUT2D eigenvalue weighted by Crippen LogP contribution is 2.22. The zero-order valence-electron chi connectivity index (χ0n) is 13.9. The van der Waals surface area contributed by atoms with Crippen molar-refractivity contribution in [2.45, 2.75) is 26.3 Å². The van der Waals surface area contributed by atoms with E-state index in [9.17, 15) is 24.1 Å². The van der Waals surface area contributed by atoms with Gasteiger partial charge in [-0.3, -0.25) is 24.4 Å². The minimum absolute atomic E-state index is 0.0258. The van der Waals surface area contributed by atoms with Gasteiger partial charge in [0.15, 0.2) is 5.78 Å². The normalized spacial score (nSPS) is 11.8. The van der Waals surface area contributed by atoms with E-state index in [1.54, 1.807) is 6.92 Å². The fraction of sp³-hybridized carbons (Fsp3) is 0.312. The number of benzene rings is 1. The molecule has 2 aromatic rings. The van der Waals surface area contributed by atoms with Gasteiger partial charge < -0.3 is 5.32 Å². The summed E-state index contributed by atoms with van der Waals surface area (Å²) in [6, 6.07) is 4.51. The van der Waals surface area contributed by atoms with Crippen LogP contribution in [0, 0.1) is 22.9 Å². The van der Waals surface area contributed by atoms with Crippen molar-refractivity contribution in [2.75, 3.05) is 0 Å². The van der Waals surface area contributed by atoms with Crippen LogP contribution in [-0.4, -0.2) is 32.4 Å². The van der Waals surface area contributed by atoms with E-state index in [-0.39, 0.29) is 29.3 Å². The molecule has 1 heterocycles. The zero-order valence-corrected chi connectivity index (χ0v) is 13.9.